The average Bonchev–Trinajstić information content (AvgIpc) is 3.06. The van der Waals surface area contributed by atoms with Gasteiger partial charge in [-0.05, 0) is 38.0 Å². The van der Waals surface area contributed by atoms with E-state index in [1.54, 1.807) is 13.8 Å². The first-order valence-corrected chi connectivity index (χ1v) is 9.65. The van der Waals surface area contributed by atoms with E-state index in [1.165, 1.54) is 11.8 Å². The van der Waals surface area contributed by atoms with E-state index in [0.29, 0.717) is 25.8 Å². The summed E-state index contributed by atoms with van der Waals surface area (Å²) in [5, 5.41) is 5.37. The van der Waals surface area contributed by atoms with E-state index in [4.69, 9.17) is 5.73 Å². The molecule has 0 aromatic carbocycles. The van der Waals surface area contributed by atoms with Gasteiger partial charge in [-0.2, -0.15) is 0 Å². The molecule has 0 spiro atoms. The number of nitrogens with zero attached hydrogens (tertiary/aromatic N) is 1. The van der Waals surface area contributed by atoms with E-state index < -0.39 is 24.0 Å². The Kier molecular flexibility index (Phi) is 9.20. The largest absolute Gasteiger partial charge is 0.368 e. The standard InChI is InChI=1S/C18H33N5O4/c1-11(2)15(16(20)25)22-17(26)14-8-6-10-23(14)18(27)13(21-12(3)24)7-4-5-9-19/h11,13-15H,4-10,19H2,1-3H3,(H2,20,25)(H,21,24)(H,22,26)/p+1/t13-,14-,15-/m0/s1. The third-order valence-electron chi connectivity index (χ3n) is 4.78. The van der Waals surface area contributed by atoms with Gasteiger partial charge in [-0.15, -0.1) is 0 Å². The van der Waals surface area contributed by atoms with Gasteiger partial charge in [0.05, 0.1) is 6.54 Å². The van der Waals surface area contributed by atoms with Crippen molar-refractivity contribution < 1.29 is 24.9 Å². The molecule has 4 amide bonds. The summed E-state index contributed by atoms with van der Waals surface area (Å²) in [5.41, 5.74) is 9.15. The molecular weight excluding hydrogens is 350 g/mol. The van der Waals surface area contributed by atoms with Crippen LogP contribution in [0, 0.1) is 5.92 Å². The lowest BCUT2D eigenvalue weighted by atomic mass is 10.0. The predicted octanol–water partition coefficient (Wildman–Crippen LogP) is -1.48. The summed E-state index contributed by atoms with van der Waals surface area (Å²) in [6.45, 7) is 6.17. The Morgan fingerprint density at radius 1 is 1.19 bits per heavy atom. The number of nitrogens with one attached hydrogen (secondary N) is 2. The van der Waals surface area contributed by atoms with Crippen molar-refractivity contribution in [3.8, 4) is 0 Å². The molecule has 1 rings (SSSR count). The zero-order chi connectivity index (χ0) is 20.6. The van der Waals surface area contributed by atoms with Crippen LogP contribution in [0.2, 0.25) is 0 Å². The van der Waals surface area contributed by atoms with Crippen LogP contribution in [-0.4, -0.2) is 59.7 Å². The fraction of sp³-hybridized carbons (Fsp3) is 0.778. The van der Waals surface area contributed by atoms with Crippen LogP contribution in [0.4, 0.5) is 0 Å². The van der Waals surface area contributed by atoms with Crippen LogP contribution in [0.1, 0.15) is 52.9 Å². The van der Waals surface area contributed by atoms with Crippen LogP contribution in [0.5, 0.6) is 0 Å². The van der Waals surface area contributed by atoms with Gasteiger partial charge in [0, 0.05) is 13.5 Å². The van der Waals surface area contributed by atoms with Crippen molar-refractivity contribution in [3.63, 3.8) is 0 Å². The van der Waals surface area contributed by atoms with E-state index in [-0.39, 0.29) is 23.6 Å². The number of quaternary nitrogens is 1. The third-order valence-corrected chi connectivity index (χ3v) is 4.78. The summed E-state index contributed by atoms with van der Waals surface area (Å²) in [6, 6.07) is -2.08. The molecule has 9 heteroatoms. The van der Waals surface area contributed by atoms with Crippen LogP contribution in [-0.2, 0) is 19.2 Å². The second kappa shape index (κ2) is 10.9. The molecule has 1 saturated heterocycles. The van der Waals surface area contributed by atoms with Gasteiger partial charge in [-0.1, -0.05) is 13.8 Å². The maximum absolute atomic E-state index is 13.0. The first-order chi connectivity index (χ1) is 12.7. The summed E-state index contributed by atoms with van der Waals surface area (Å²) in [5.74, 6) is -1.66. The highest BCUT2D eigenvalue weighted by Gasteiger charge is 2.38. The van der Waals surface area contributed by atoms with Gasteiger partial charge in [0.15, 0.2) is 0 Å². The number of rotatable bonds is 10. The van der Waals surface area contributed by atoms with Gasteiger partial charge < -0.3 is 27.0 Å². The average molecular weight is 385 g/mol. The Morgan fingerprint density at radius 3 is 2.37 bits per heavy atom. The van der Waals surface area contributed by atoms with Gasteiger partial charge in [-0.3, -0.25) is 19.2 Å². The normalized spacial score (nSPS) is 18.9. The van der Waals surface area contributed by atoms with Crippen molar-refractivity contribution in [2.24, 2.45) is 11.7 Å². The lowest BCUT2D eigenvalue weighted by molar-refractivity contribution is -0.368. The van der Waals surface area contributed by atoms with Crippen molar-refractivity contribution in [2.45, 2.75) is 71.0 Å². The first-order valence-electron chi connectivity index (χ1n) is 9.65. The lowest BCUT2D eigenvalue weighted by Crippen LogP contribution is -2.56. The molecule has 1 heterocycles. The van der Waals surface area contributed by atoms with Gasteiger partial charge in [0.25, 0.3) is 0 Å². The highest BCUT2D eigenvalue weighted by atomic mass is 16.2. The number of likely N-dealkylation sites (tertiary alicyclic amines) is 1. The van der Waals surface area contributed by atoms with Crippen molar-refractivity contribution in [1.82, 2.24) is 15.5 Å². The van der Waals surface area contributed by atoms with E-state index in [9.17, 15) is 19.2 Å². The highest BCUT2D eigenvalue weighted by Crippen LogP contribution is 2.20. The van der Waals surface area contributed by atoms with E-state index in [1.807, 2.05) is 0 Å². The van der Waals surface area contributed by atoms with Crippen molar-refractivity contribution in [2.75, 3.05) is 13.1 Å². The molecular formula is C18H34N5O4+. The third kappa shape index (κ3) is 6.82. The van der Waals surface area contributed by atoms with E-state index >= 15 is 0 Å². The van der Waals surface area contributed by atoms with Crippen LogP contribution in [0.3, 0.4) is 0 Å². The molecule has 0 bridgehead atoms. The topological polar surface area (TPSA) is 149 Å². The number of nitrogens with two attached hydrogens (primary N) is 1. The summed E-state index contributed by atoms with van der Waals surface area (Å²) >= 11 is 0. The number of hydrogen-bond acceptors (Lipinski definition) is 4. The summed E-state index contributed by atoms with van der Waals surface area (Å²) in [7, 11) is 0. The molecule has 0 aromatic heterocycles. The van der Waals surface area contributed by atoms with E-state index in [0.717, 1.165) is 19.4 Å². The molecule has 1 aliphatic rings. The second-order valence-corrected chi connectivity index (χ2v) is 7.42. The number of unbranched alkanes of at least 4 members (excludes halogenated alkanes) is 1. The molecule has 154 valence electrons. The van der Waals surface area contributed by atoms with Gasteiger partial charge in [0.1, 0.15) is 18.1 Å². The molecule has 1 aliphatic heterocycles. The minimum Gasteiger partial charge on any atom is -0.368 e. The number of hydrogen-bond donors (Lipinski definition) is 4. The lowest BCUT2D eigenvalue weighted by Gasteiger charge is -2.30. The summed E-state index contributed by atoms with van der Waals surface area (Å²) < 4.78 is 0. The van der Waals surface area contributed by atoms with Gasteiger partial charge in [-0.25, -0.2) is 0 Å². The fourth-order valence-corrected chi connectivity index (χ4v) is 3.35. The summed E-state index contributed by atoms with van der Waals surface area (Å²) in [6.07, 6.45) is 3.35. The van der Waals surface area contributed by atoms with Crippen LogP contribution >= 0.6 is 0 Å². The molecule has 7 N–H and O–H groups in total. The van der Waals surface area contributed by atoms with Gasteiger partial charge in [0.2, 0.25) is 23.6 Å². The van der Waals surface area contributed by atoms with Crippen LogP contribution in [0.15, 0.2) is 0 Å². The number of carbonyl (C=O) groups is 4. The molecule has 9 nitrogen and oxygen atoms in total. The molecule has 1 fully saturated rings. The zero-order valence-electron chi connectivity index (χ0n) is 16.6. The maximum Gasteiger partial charge on any atom is 0.245 e. The van der Waals surface area contributed by atoms with Crippen molar-refractivity contribution in [1.29, 1.82) is 0 Å². The fourth-order valence-electron chi connectivity index (χ4n) is 3.35. The molecule has 0 aliphatic carbocycles. The molecule has 0 radical (unpaired) electrons. The highest BCUT2D eigenvalue weighted by molar-refractivity contribution is 5.94. The Balaban J connectivity index is 2.85. The quantitative estimate of drug-likeness (QED) is 0.340. The van der Waals surface area contributed by atoms with Crippen molar-refractivity contribution in [3.05, 3.63) is 0 Å². The van der Waals surface area contributed by atoms with Crippen molar-refractivity contribution >= 4 is 23.6 Å². The number of amides is 4. The number of primary amides is 1. The van der Waals surface area contributed by atoms with Gasteiger partial charge >= 0.3 is 0 Å². The smallest absolute Gasteiger partial charge is 0.245 e. The zero-order valence-corrected chi connectivity index (χ0v) is 16.6. The second-order valence-electron chi connectivity index (χ2n) is 7.42. The number of carbonyl (C=O) groups excluding carboxylic acids is 4. The Bertz CT molecular complexity index is 552. The van der Waals surface area contributed by atoms with Crippen LogP contribution < -0.4 is 22.1 Å². The molecule has 0 aromatic rings. The minimum absolute atomic E-state index is 0.146. The van der Waals surface area contributed by atoms with E-state index in [2.05, 4.69) is 16.4 Å². The Hall–Kier alpha value is -2.16. The monoisotopic (exact) mass is 384 g/mol. The summed E-state index contributed by atoms with van der Waals surface area (Å²) in [4.78, 5) is 50.2. The first kappa shape index (κ1) is 22.9. The Morgan fingerprint density at radius 2 is 1.85 bits per heavy atom. The SMILES string of the molecule is CC(=O)N[C@@H](CCCC[NH3+])C(=O)N1CCC[C@H]1C(=O)N[C@H](C(N)=O)C(C)C. The van der Waals surface area contributed by atoms with Crippen LogP contribution in [0.25, 0.3) is 0 Å². The molecule has 27 heavy (non-hydrogen) atoms. The Labute approximate surface area is 160 Å². The molecule has 0 saturated carbocycles. The predicted molar refractivity (Wildman–Crippen MR) is 99.9 cm³/mol. The maximum atomic E-state index is 13.0. The molecule has 0 unspecified atom stereocenters. The molecule has 3 atom stereocenters. The minimum atomic E-state index is -0.779.